The van der Waals surface area contributed by atoms with E-state index in [-0.39, 0.29) is 27.4 Å². The molecule has 1 amide bonds. The first-order valence-corrected chi connectivity index (χ1v) is 11.9. The Hall–Kier alpha value is -4.65. The van der Waals surface area contributed by atoms with Gasteiger partial charge in [-0.25, -0.2) is 0 Å². The molecule has 0 heterocycles. The van der Waals surface area contributed by atoms with Gasteiger partial charge in [-0.2, -0.15) is 0 Å². The summed E-state index contributed by atoms with van der Waals surface area (Å²) in [6.07, 6.45) is 1.74. The van der Waals surface area contributed by atoms with Crippen LogP contribution in [-0.4, -0.2) is 29.4 Å². The fraction of sp³-hybridized carbons (Fsp3) is 0.160. The van der Waals surface area contributed by atoms with Crippen molar-refractivity contribution in [2.45, 2.75) is 13.5 Å². The number of nitro benzene ring substituents is 2. The standard InChI is InChI=1S/C25H23BrN6O6/c1-4-10-30(15-17-8-6-5-7-9-17)22-13-20(27-16(2)33)21(14-24(22)38-3)28-29-25-19(26)11-18(31(34)35)12-23(25)32(36)37/h4-9,11-14H,1,10,15H2,2-3H3,(H,27,33). The van der Waals surface area contributed by atoms with Crippen molar-refractivity contribution in [1.82, 2.24) is 0 Å². The van der Waals surface area contributed by atoms with E-state index >= 15 is 0 Å². The van der Waals surface area contributed by atoms with E-state index in [1.807, 2.05) is 35.2 Å². The van der Waals surface area contributed by atoms with Gasteiger partial charge in [0, 0.05) is 32.1 Å². The number of rotatable bonds is 11. The average molecular weight is 583 g/mol. The second-order valence-corrected chi connectivity index (χ2v) is 8.74. The molecule has 0 bridgehead atoms. The summed E-state index contributed by atoms with van der Waals surface area (Å²) in [6.45, 7) is 6.15. The summed E-state index contributed by atoms with van der Waals surface area (Å²) >= 11 is 3.10. The van der Waals surface area contributed by atoms with Gasteiger partial charge in [0.25, 0.3) is 5.69 Å². The number of hydrogen-bond donors (Lipinski definition) is 1. The summed E-state index contributed by atoms with van der Waals surface area (Å²) in [6, 6.07) is 14.8. The van der Waals surface area contributed by atoms with Gasteiger partial charge >= 0.3 is 5.69 Å². The third-order valence-corrected chi connectivity index (χ3v) is 5.81. The molecule has 1 N–H and O–H groups in total. The molecule has 0 aliphatic carbocycles. The lowest BCUT2D eigenvalue weighted by Crippen LogP contribution is -2.23. The molecule has 0 aromatic heterocycles. The number of nitro groups is 2. The molecular formula is C25H23BrN6O6. The lowest BCUT2D eigenvalue weighted by atomic mass is 10.1. The summed E-state index contributed by atoms with van der Waals surface area (Å²) < 4.78 is 5.61. The average Bonchev–Trinajstić information content (AvgIpc) is 2.87. The maximum atomic E-state index is 12.0. The molecule has 13 heteroatoms. The van der Waals surface area contributed by atoms with Gasteiger partial charge in [-0.15, -0.1) is 16.8 Å². The summed E-state index contributed by atoms with van der Waals surface area (Å²) in [5.74, 6) is 0.0292. The van der Waals surface area contributed by atoms with Crippen LogP contribution in [0.5, 0.6) is 5.75 Å². The van der Waals surface area contributed by atoms with Crippen molar-refractivity contribution in [2.24, 2.45) is 10.2 Å². The number of methoxy groups -OCH3 is 1. The quantitative estimate of drug-likeness (QED) is 0.112. The van der Waals surface area contributed by atoms with Crippen LogP contribution in [0.25, 0.3) is 0 Å². The second kappa shape index (κ2) is 12.5. The van der Waals surface area contributed by atoms with Crippen LogP contribution in [0.4, 0.5) is 34.1 Å². The number of amides is 1. The number of hydrogen-bond acceptors (Lipinski definition) is 9. The molecule has 3 aromatic carbocycles. The van der Waals surface area contributed by atoms with E-state index in [1.54, 1.807) is 12.1 Å². The molecule has 0 spiro atoms. The highest BCUT2D eigenvalue weighted by Gasteiger charge is 2.24. The molecule has 3 rings (SSSR count). The molecule has 0 atom stereocenters. The number of ether oxygens (including phenoxy) is 1. The number of carbonyl (C=O) groups excluding carboxylic acids is 1. The van der Waals surface area contributed by atoms with Crippen LogP contribution >= 0.6 is 15.9 Å². The first-order chi connectivity index (χ1) is 18.1. The largest absolute Gasteiger partial charge is 0.494 e. The van der Waals surface area contributed by atoms with Gasteiger partial charge in [0.2, 0.25) is 5.91 Å². The van der Waals surface area contributed by atoms with Crippen molar-refractivity contribution in [2.75, 3.05) is 23.9 Å². The Bertz CT molecular complexity index is 1410. The van der Waals surface area contributed by atoms with E-state index in [0.717, 1.165) is 17.7 Å². The normalized spacial score (nSPS) is 10.7. The van der Waals surface area contributed by atoms with Crippen molar-refractivity contribution in [3.8, 4) is 5.75 Å². The van der Waals surface area contributed by atoms with Crippen molar-refractivity contribution >= 4 is 56.0 Å². The van der Waals surface area contributed by atoms with Gasteiger partial charge in [-0.05, 0) is 27.6 Å². The molecule has 0 unspecified atom stereocenters. The van der Waals surface area contributed by atoms with E-state index < -0.39 is 21.2 Å². The summed E-state index contributed by atoms with van der Waals surface area (Å²) in [7, 11) is 1.48. The third kappa shape index (κ3) is 6.76. The Labute approximate surface area is 226 Å². The van der Waals surface area contributed by atoms with Gasteiger partial charge in [0.1, 0.15) is 11.4 Å². The minimum Gasteiger partial charge on any atom is -0.494 e. The first kappa shape index (κ1) is 27.9. The first-order valence-electron chi connectivity index (χ1n) is 11.1. The molecule has 0 saturated carbocycles. The maximum Gasteiger partial charge on any atom is 0.304 e. The topological polar surface area (TPSA) is 153 Å². The number of nitrogens with one attached hydrogen (secondary N) is 1. The predicted molar refractivity (Wildman–Crippen MR) is 147 cm³/mol. The van der Waals surface area contributed by atoms with Crippen LogP contribution in [0.2, 0.25) is 0 Å². The molecule has 0 radical (unpaired) electrons. The van der Waals surface area contributed by atoms with E-state index in [0.29, 0.717) is 24.5 Å². The summed E-state index contributed by atoms with van der Waals surface area (Å²) in [5, 5.41) is 33.5. The zero-order chi connectivity index (χ0) is 27.8. The molecule has 38 heavy (non-hydrogen) atoms. The number of halogens is 1. The van der Waals surface area contributed by atoms with Crippen LogP contribution in [0.15, 0.2) is 82.0 Å². The minimum atomic E-state index is -0.790. The molecule has 12 nitrogen and oxygen atoms in total. The van der Waals surface area contributed by atoms with Gasteiger partial charge < -0.3 is 15.0 Å². The van der Waals surface area contributed by atoms with Crippen LogP contribution in [0.3, 0.4) is 0 Å². The van der Waals surface area contributed by atoms with Crippen molar-refractivity contribution in [3.63, 3.8) is 0 Å². The van der Waals surface area contributed by atoms with Crippen LogP contribution in [-0.2, 0) is 11.3 Å². The van der Waals surface area contributed by atoms with Gasteiger partial charge in [-0.1, -0.05) is 36.4 Å². The zero-order valence-corrected chi connectivity index (χ0v) is 22.0. The highest BCUT2D eigenvalue weighted by atomic mass is 79.9. The molecule has 0 aliphatic heterocycles. The minimum absolute atomic E-state index is 0.00633. The Kier molecular flexibility index (Phi) is 9.22. The second-order valence-electron chi connectivity index (χ2n) is 7.89. The Morgan fingerprint density at radius 1 is 1.13 bits per heavy atom. The number of nitrogens with zero attached hydrogens (tertiary/aromatic N) is 5. The summed E-state index contributed by atoms with van der Waals surface area (Å²) in [5.41, 5.74) is 0.791. The number of carbonyl (C=O) groups is 1. The van der Waals surface area contributed by atoms with E-state index in [1.165, 1.54) is 20.1 Å². The van der Waals surface area contributed by atoms with Gasteiger partial charge in [0.15, 0.2) is 5.69 Å². The number of benzene rings is 3. The number of azo groups is 1. The third-order valence-electron chi connectivity index (χ3n) is 5.21. The molecule has 0 saturated heterocycles. The Balaban J connectivity index is 2.13. The number of anilines is 2. The Morgan fingerprint density at radius 2 is 1.84 bits per heavy atom. The SMILES string of the molecule is C=CCN(Cc1ccccc1)c1cc(NC(C)=O)c(N=Nc2c(Br)cc([N+](=O)[O-])cc2[N+](=O)[O-])cc1OC. The summed E-state index contributed by atoms with van der Waals surface area (Å²) in [4.78, 5) is 35.1. The lowest BCUT2D eigenvalue weighted by molar-refractivity contribution is -0.393. The molecule has 3 aromatic rings. The van der Waals surface area contributed by atoms with Crippen LogP contribution in [0.1, 0.15) is 12.5 Å². The molecule has 0 aliphatic rings. The fourth-order valence-electron chi connectivity index (χ4n) is 3.57. The monoisotopic (exact) mass is 582 g/mol. The van der Waals surface area contributed by atoms with Crippen LogP contribution in [0, 0.1) is 20.2 Å². The van der Waals surface area contributed by atoms with Crippen LogP contribution < -0.4 is 15.0 Å². The van der Waals surface area contributed by atoms with E-state index in [2.05, 4.69) is 38.1 Å². The van der Waals surface area contributed by atoms with Gasteiger partial charge in [-0.3, -0.25) is 25.0 Å². The smallest absolute Gasteiger partial charge is 0.304 e. The molecule has 196 valence electrons. The highest BCUT2D eigenvalue weighted by molar-refractivity contribution is 9.10. The van der Waals surface area contributed by atoms with E-state index in [4.69, 9.17) is 4.74 Å². The predicted octanol–water partition coefficient (Wildman–Crippen LogP) is 6.84. The lowest BCUT2D eigenvalue weighted by Gasteiger charge is -2.26. The zero-order valence-electron chi connectivity index (χ0n) is 20.5. The van der Waals surface area contributed by atoms with Crippen molar-refractivity contribution in [1.29, 1.82) is 0 Å². The molecular weight excluding hydrogens is 560 g/mol. The molecule has 0 fully saturated rings. The fourth-order valence-corrected chi connectivity index (χ4v) is 4.08. The Morgan fingerprint density at radius 3 is 2.42 bits per heavy atom. The maximum absolute atomic E-state index is 12.0. The highest BCUT2D eigenvalue weighted by Crippen LogP contribution is 2.43. The van der Waals surface area contributed by atoms with E-state index in [9.17, 15) is 25.0 Å². The van der Waals surface area contributed by atoms with Gasteiger partial charge in [0.05, 0.1) is 38.9 Å². The number of non-ortho nitro benzene ring substituents is 1. The van der Waals surface area contributed by atoms with Crippen molar-refractivity contribution in [3.05, 3.63) is 97.5 Å². The van der Waals surface area contributed by atoms with Crippen molar-refractivity contribution < 1.29 is 19.4 Å².